The van der Waals surface area contributed by atoms with Crippen LogP contribution in [0.25, 0.3) is 0 Å². The van der Waals surface area contributed by atoms with E-state index in [1.54, 1.807) is 18.6 Å². The summed E-state index contributed by atoms with van der Waals surface area (Å²) in [6.07, 6.45) is 6.39. The number of hydrogen-bond donors (Lipinski definition) is 2. The molecule has 0 aliphatic carbocycles. The lowest BCUT2D eigenvalue weighted by atomic mass is 9.95. The zero-order valence-electron chi connectivity index (χ0n) is 8.76. The highest BCUT2D eigenvalue weighted by Gasteiger charge is 2.30. The smallest absolute Gasteiger partial charge is 0.0773 e. The van der Waals surface area contributed by atoms with E-state index in [2.05, 4.69) is 22.3 Å². The van der Waals surface area contributed by atoms with Crippen molar-refractivity contribution in [2.45, 2.75) is 25.5 Å². The number of nitrogens with zero attached hydrogens (tertiary/aromatic N) is 2. The molecule has 15 heavy (non-hydrogen) atoms. The molecule has 1 aliphatic rings. The van der Waals surface area contributed by atoms with Gasteiger partial charge < -0.3 is 4.74 Å². The summed E-state index contributed by atoms with van der Waals surface area (Å²) in [5.74, 6) is 5.93. The molecule has 2 heterocycles. The van der Waals surface area contributed by atoms with E-state index in [-0.39, 0.29) is 6.04 Å². The summed E-state index contributed by atoms with van der Waals surface area (Å²) >= 11 is 0. The average molecular weight is 208 g/mol. The van der Waals surface area contributed by atoms with E-state index in [4.69, 9.17) is 10.6 Å². The molecule has 0 bridgehead atoms. The molecule has 0 spiro atoms. The van der Waals surface area contributed by atoms with Gasteiger partial charge in [-0.2, -0.15) is 0 Å². The normalized spacial score (nSPS) is 27.9. The van der Waals surface area contributed by atoms with Crippen LogP contribution in [0.4, 0.5) is 0 Å². The number of hydrogen-bond acceptors (Lipinski definition) is 5. The van der Waals surface area contributed by atoms with Crippen molar-refractivity contribution in [2.75, 3.05) is 6.61 Å². The maximum atomic E-state index is 5.56. The lowest BCUT2D eigenvalue weighted by molar-refractivity contribution is 0.116. The highest BCUT2D eigenvalue weighted by molar-refractivity contribution is 5.04. The van der Waals surface area contributed by atoms with Gasteiger partial charge in [-0.05, 0) is 13.3 Å². The summed E-state index contributed by atoms with van der Waals surface area (Å²) in [4.78, 5) is 8.30. The number of nitrogens with one attached hydrogen (secondary N) is 1. The number of rotatable bonds is 3. The Hall–Kier alpha value is -1.04. The van der Waals surface area contributed by atoms with Gasteiger partial charge in [0.2, 0.25) is 0 Å². The zero-order chi connectivity index (χ0) is 10.7. The predicted molar refractivity (Wildman–Crippen MR) is 55.6 cm³/mol. The van der Waals surface area contributed by atoms with Crippen LogP contribution in [0.1, 0.15) is 25.1 Å². The van der Waals surface area contributed by atoms with Gasteiger partial charge in [0.05, 0.1) is 30.6 Å². The quantitative estimate of drug-likeness (QED) is 0.556. The molecule has 3 unspecified atom stereocenters. The van der Waals surface area contributed by atoms with Crippen LogP contribution < -0.4 is 11.3 Å². The van der Waals surface area contributed by atoms with Crippen LogP contribution in [0.5, 0.6) is 0 Å². The Kier molecular flexibility index (Phi) is 3.25. The fraction of sp³-hybridized carbons (Fsp3) is 0.600. The molecule has 0 saturated carbocycles. The molecule has 2 rings (SSSR count). The molecule has 1 aliphatic heterocycles. The van der Waals surface area contributed by atoms with Crippen LogP contribution in [0.2, 0.25) is 0 Å². The average Bonchev–Trinajstić information content (AvgIpc) is 2.68. The Morgan fingerprint density at radius 2 is 2.47 bits per heavy atom. The Bertz CT molecular complexity index is 306. The first-order valence-corrected chi connectivity index (χ1v) is 5.15. The molecule has 1 fully saturated rings. The van der Waals surface area contributed by atoms with Crippen molar-refractivity contribution in [3.63, 3.8) is 0 Å². The minimum atomic E-state index is 0.0312. The van der Waals surface area contributed by atoms with Crippen LogP contribution in [-0.4, -0.2) is 22.7 Å². The summed E-state index contributed by atoms with van der Waals surface area (Å²) in [5, 5.41) is 0. The van der Waals surface area contributed by atoms with Gasteiger partial charge in [0.15, 0.2) is 0 Å². The van der Waals surface area contributed by atoms with Gasteiger partial charge in [-0.1, -0.05) is 0 Å². The Morgan fingerprint density at radius 1 is 1.60 bits per heavy atom. The molecule has 3 N–H and O–H groups in total. The molecule has 3 atom stereocenters. The minimum Gasteiger partial charge on any atom is -0.378 e. The van der Waals surface area contributed by atoms with Gasteiger partial charge in [-0.15, -0.1) is 0 Å². The second-order valence-electron chi connectivity index (χ2n) is 3.91. The highest BCUT2D eigenvalue weighted by Crippen LogP contribution is 2.29. The van der Waals surface area contributed by atoms with Crippen molar-refractivity contribution in [3.8, 4) is 0 Å². The molecule has 5 heteroatoms. The third-order valence-electron chi connectivity index (χ3n) is 2.78. The molecule has 82 valence electrons. The van der Waals surface area contributed by atoms with E-state index in [9.17, 15) is 0 Å². The van der Waals surface area contributed by atoms with E-state index >= 15 is 0 Å². The lowest BCUT2D eigenvalue weighted by Crippen LogP contribution is -2.34. The topological polar surface area (TPSA) is 73.1 Å². The highest BCUT2D eigenvalue weighted by atomic mass is 16.5. The Morgan fingerprint density at radius 3 is 3.00 bits per heavy atom. The van der Waals surface area contributed by atoms with Gasteiger partial charge in [-0.3, -0.25) is 21.2 Å². The molecule has 0 radical (unpaired) electrons. The second kappa shape index (κ2) is 4.65. The van der Waals surface area contributed by atoms with Gasteiger partial charge >= 0.3 is 0 Å². The molecular weight excluding hydrogens is 192 g/mol. The second-order valence-corrected chi connectivity index (χ2v) is 3.91. The number of hydrazine groups is 1. The summed E-state index contributed by atoms with van der Waals surface area (Å²) in [5.41, 5.74) is 3.68. The van der Waals surface area contributed by atoms with Gasteiger partial charge in [0.1, 0.15) is 0 Å². The Labute approximate surface area is 89.0 Å². The van der Waals surface area contributed by atoms with Crippen LogP contribution in [0, 0.1) is 5.92 Å². The fourth-order valence-electron chi connectivity index (χ4n) is 2.02. The van der Waals surface area contributed by atoms with Crippen molar-refractivity contribution in [1.29, 1.82) is 0 Å². The third-order valence-corrected chi connectivity index (χ3v) is 2.78. The van der Waals surface area contributed by atoms with E-state index in [1.807, 2.05) is 0 Å². The first-order chi connectivity index (χ1) is 7.31. The fourth-order valence-corrected chi connectivity index (χ4v) is 2.02. The molecule has 5 nitrogen and oxygen atoms in total. The molecule has 1 saturated heterocycles. The number of nitrogens with two attached hydrogens (primary N) is 1. The van der Waals surface area contributed by atoms with Crippen molar-refractivity contribution < 1.29 is 4.74 Å². The van der Waals surface area contributed by atoms with Crippen LogP contribution in [-0.2, 0) is 4.74 Å². The van der Waals surface area contributed by atoms with Crippen molar-refractivity contribution >= 4 is 0 Å². The van der Waals surface area contributed by atoms with Crippen molar-refractivity contribution in [3.05, 3.63) is 24.3 Å². The molecule has 0 aromatic carbocycles. The van der Waals surface area contributed by atoms with Crippen LogP contribution in [0.3, 0.4) is 0 Å². The number of ether oxygens (including phenoxy) is 1. The van der Waals surface area contributed by atoms with E-state index in [1.165, 1.54) is 0 Å². The summed E-state index contributed by atoms with van der Waals surface area (Å²) in [6, 6.07) is 0.0312. The minimum absolute atomic E-state index is 0.0312. The SMILES string of the molecule is CC1CC(C(NN)c2cnccn2)CO1. The third kappa shape index (κ3) is 2.31. The van der Waals surface area contributed by atoms with Gasteiger partial charge in [0, 0.05) is 18.3 Å². The first kappa shape index (κ1) is 10.5. The summed E-state index contributed by atoms with van der Waals surface area (Å²) < 4.78 is 5.53. The number of aromatic nitrogens is 2. The van der Waals surface area contributed by atoms with Crippen LogP contribution in [0.15, 0.2) is 18.6 Å². The summed E-state index contributed by atoms with van der Waals surface area (Å²) in [7, 11) is 0. The first-order valence-electron chi connectivity index (χ1n) is 5.15. The van der Waals surface area contributed by atoms with Crippen LogP contribution >= 0.6 is 0 Å². The standard InChI is InChI=1S/C10H16N4O/c1-7-4-8(6-15-7)10(14-11)9-5-12-2-3-13-9/h2-3,5,7-8,10,14H,4,6,11H2,1H3. The van der Waals surface area contributed by atoms with Crippen molar-refractivity contribution in [2.24, 2.45) is 11.8 Å². The van der Waals surface area contributed by atoms with E-state index in [0.29, 0.717) is 12.0 Å². The monoisotopic (exact) mass is 208 g/mol. The molecular formula is C10H16N4O. The lowest BCUT2D eigenvalue weighted by Gasteiger charge is -2.20. The van der Waals surface area contributed by atoms with E-state index < -0.39 is 0 Å². The maximum absolute atomic E-state index is 5.56. The summed E-state index contributed by atoms with van der Waals surface area (Å²) in [6.45, 7) is 2.80. The predicted octanol–water partition coefficient (Wildman–Crippen LogP) is 0.406. The molecule has 1 aromatic heterocycles. The largest absolute Gasteiger partial charge is 0.378 e. The maximum Gasteiger partial charge on any atom is 0.0773 e. The van der Waals surface area contributed by atoms with Gasteiger partial charge in [0.25, 0.3) is 0 Å². The van der Waals surface area contributed by atoms with Crippen molar-refractivity contribution in [1.82, 2.24) is 15.4 Å². The molecule has 1 aromatic rings. The zero-order valence-corrected chi connectivity index (χ0v) is 8.76. The molecule has 0 amide bonds. The Balaban J connectivity index is 2.11. The van der Waals surface area contributed by atoms with E-state index in [0.717, 1.165) is 18.7 Å². The van der Waals surface area contributed by atoms with Gasteiger partial charge in [-0.25, -0.2) is 0 Å².